The fourth-order valence-corrected chi connectivity index (χ4v) is 4.25. The Labute approximate surface area is 173 Å². The van der Waals surface area contributed by atoms with Gasteiger partial charge in [-0.05, 0) is 37.7 Å². The van der Waals surface area contributed by atoms with Gasteiger partial charge in [-0.25, -0.2) is 0 Å². The summed E-state index contributed by atoms with van der Waals surface area (Å²) in [6.45, 7) is 11.6. The Kier molecular flexibility index (Phi) is 5.35. The number of benzene rings is 1. The van der Waals surface area contributed by atoms with E-state index in [-0.39, 0.29) is 0 Å². The molecule has 1 aliphatic rings. The second-order valence-electron chi connectivity index (χ2n) is 8.82. The van der Waals surface area contributed by atoms with Gasteiger partial charge in [-0.2, -0.15) is 0 Å². The Morgan fingerprint density at radius 1 is 1.03 bits per heavy atom. The highest BCUT2D eigenvalue weighted by Crippen LogP contribution is 2.33. The first-order valence-corrected chi connectivity index (χ1v) is 10.5. The molecule has 3 aromatic rings. The first kappa shape index (κ1) is 19.6. The molecule has 2 aromatic heterocycles. The van der Waals surface area contributed by atoms with Gasteiger partial charge in [0.25, 0.3) is 0 Å². The molecule has 3 heterocycles. The summed E-state index contributed by atoms with van der Waals surface area (Å²) in [6.07, 6.45) is 6.76. The minimum Gasteiger partial charge on any atom is -0.340 e. The van der Waals surface area contributed by atoms with Crippen LogP contribution in [0.25, 0.3) is 11.4 Å². The van der Waals surface area contributed by atoms with Crippen LogP contribution in [0.4, 0.5) is 5.95 Å². The third-order valence-corrected chi connectivity index (χ3v) is 5.86. The molecule has 1 saturated heterocycles. The van der Waals surface area contributed by atoms with Crippen LogP contribution in [0.5, 0.6) is 0 Å². The quantitative estimate of drug-likeness (QED) is 0.653. The number of aromatic nitrogens is 5. The summed E-state index contributed by atoms with van der Waals surface area (Å²) < 4.78 is 2.28. The standard InChI is InChI=1S/C23H30N6/c1-17-8-5-6-9-19(17)21-26-27-22(28-14-7-11-23(3,4)16-28)29(21)15-10-20-18(2)24-12-13-25-20/h5-6,8-9,12-13H,7,10-11,14-16H2,1-4H3. The van der Waals surface area contributed by atoms with E-state index in [1.807, 2.05) is 6.92 Å². The summed E-state index contributed by atoms with van der Waals surface area (Å²) in [5, 5.41) is 9.30. The Morgan fingerprint density at radius 3 is 2.59 bits per heavy atom. The number of anilines is 1. The van der Waals surface area contributed by atoms with Gasteiger partial charge in [0, 0.05) is 44.0 Å². The van der Waals surface area contributed by atoms with Crippen LogP contribution in [-0.4, -0.2) is 37.8 Å². The monoisotopic (exact) mass is 390 g/mol. The number of hydrogen-bond acceptors (Lipinski definition) is 5. The summed E-state index contributed by atoms with van der Waals surface area (Å²) >= 11 is 0. The molecule has 4 rings (SSSR count). The molecule has 1 aromatic carbocycles. The lowest BCUT2D eigenvalue weighted by atomic mass is 9.84. The predicted octanol–water partition coefficient (Wildman–Crippen LogP) is 4.22. The molecular formula is C23H30N6. The smallest absolute Gasteiger partial charge is 0.227 e. The fraction of sp³-hybridized carbons (Fsp3) is 0.478. The van der Waals surface area contributed by atoms with Crippen molar-refractivity contribution in [3.05, 3.63) is 53.6 Å². The van der Waals surface area contributed by atoms with Crippen LogP contribution in [0.2, 0.25) is 0 Å². The Morgan fingerprint density at radius 2 is 1.83 bits per heavy atom. The molecule has 0 atom stereocenters. The third-order valence-electron chi connectivity index (χ3n) is 5.86. The van der Waals surface area contributed by atoms with E-state index >= 15 is 0 Å². The van der Waals surface area contributed by atoms with Gasteiger partial charge in [0.1, 0.15) is 0 Å². The van der Waals surface area contributed by atoms with E-state index in [1.54, 1.807) is 12.4 Å². The fourth-order valence-electron chi connectivity index (χ4n) is 4.25. The highest BCUT2D eigenvalue weighted by Gasteiger charge is 2.30. The maximum atomic E-state index is 4.66. The van der Waals surface area contributed by atoms with E-state index in [0.29, 0.717) is 5.41 Å². The van der Waals surface area contributed by atoms with Crippen molar-refractivity contribution in [1.29, 1.82) is 0 Å². The molecule has 0 spiro atoms. The van der Waals surface area contributed by atoms with E-state index < -0.39 is 0 Å². The molecule has 6 heteroatoms. The zero-order valence-corrected chi connectivity index (χ0v) is 17.9. The minimum atomic E-state index is 0.291. The molecule has 0 aliphatic carbocycles. The number of rotatable bonds is 5. The lowest BCUT2D eigenvalue weighted by Gasteiger charge is -2.38. The van der Waals surface area contributed by atoms with E-state index in [1.165, 1.54) is 18.4 Å². The summed E-state index contributed by atoms with van der Waals surface area (Å²) in [5.41, 5.74) is 4.65. The average Bonchev–Trinajstić information content (AvgIpc) is 3.10. The summed E-state index contributed by atoms with van der Waals surface area (Å²) in [5.74, 6) is 1.90. The molecule has 6 nitrogen and oxygen atoms in total. The second-order valence-corrected chi connectivity index (χ2v) is 8.82. The van der Waals surface area contributed by atoms with Crippen LogP contribution in [0.15, 0.2) is 36.7 Å². The first-order valence-electron chi connectivity index (χ1n) is 10.5. The summed E-state index contributed by atoms with van der Waals surface area (Å²) in [6, 6.07) is 8.40. The van der Waals surface area contributed by atoms with Gasteiger partial charge in [0.05, 0.1) is 11.4 Å². The second kappa shape index (κ2) is 7.93. The van der Waals surface area contributed by atoms with Gasteiger partial charge in [-0.1, -0.05) is 38.1 Å². The van der Waals surface area contributed by atoms with Gasteiger partial charge in [-0.3, -0.25) is 14.5 Å². The minimum absolute atomic E-state index is 0.291. The van der Waals surface area contributed by atoms with Gasteiger partial charge in [0.15, 0.2) is 5.82 Å². The molecule has 0 bridgehead atoms. The Bertz CT molecular complexity index is 991. The van der Waals surface area contributed by atoms with Gasteiger partial charge in [-0.15, -0.1) is 10.2 Å². The maximum Gasteiger partial charge on any atom is 0.227 e. The van der Waals surface area contributed by atoms with Crippen LogP contribution in [0, 0.1) is 19.3 Å². The number of aryl methyl sites for hydroxylation is 3. The normalized spacial score (nSPS) is 16.2. The van der Waals surface area contributed by atoms with Crippen LogP contribution < -0.4 is 4.90 Å². The van der Waals surface area contributed by atoms with Crippen molar-refractivity contribution in [2.24, 2.45) is 5.41 Å². The average molecular weight is 391 g/mol. The lowest BCUT2D eigenvalue weighted by Crippen LogP contribution is -2.41. The van der Waals surface area contributed by atoms with Crippen molar-refractivity contribution in [3.63, 3.8) is 0 Å². The van der Waals surface area contributed by atoms with Crippen molar-refractivity contribution >= 4 is 5.95 Å². The predicted molar refractivity (Wildman–Crippen MR) is 116 cm³/mol. The molecule has 0 saturated carbocycles. The third kappa shape index (κ3) is 4.16. The molecule has 152 valence electrons. The highest BCUT2D eigenvalue weighted by atomic mass is 15.4. The molecular weight excluding hydrogens is 360 g/mol. The van der Waals surface area contributed by atoms with Crippen molar-refractivity contribution in [2.75, 3.05) is 18.0 Å². The van der Waals surface area contributed by atoms with Crippen molar-refractivity contribution in [1.82, 2.24) is 24.7 Å². The summed E-state index contributed by atoms with van der Waals surface area (Å²) in [4.78, 5) is 11.3. The van der Waals surface area contributed by atoms with Crippen LogP contribution in [0.1, 0.15) is 43.6 Å². The zero-order valence-electron chi connectivity index (χ0n) is 17.9. The van der Waals surface area contributed by atoms with Crippen molar-refractivity contribution in [2.45, 2.75) is 53.5 Å². The lowest BCUT2D eigenvalue weighted by molar-refractivity contribution is 0.289. The van der Waals surface area contributed by atoms with Crippen molar-refractivity contribution in [3.8, 4) is 11.4 Å². The number of piperidine rings is 1. The van der Waals surface area contributed by atoms with Crippen LogP contribution >= 0.6 is 0 Å². The SMILES string of the molecule is Cc1ccccc1-c1nnc(N2CCCC(C)(C)C2)n1CCc1nccnc1C. The maximum absolute atomic E-state index is 4.66. The van der Waals surface area contributed by atoms with E-state index in [9.17, 15) is 0 Å². The number of hydrogen-bond donors (Lipinski definition) is 0. The van der Waals surface area contributed by atoms with Gasteiger partial charge < -0.3 is 4.90 Å². The Balaban J connectivity index is 1.72. The van der Waals surface area contributed by atoms with Crippen LogP contribution in [-0.2, 0) is 13.0 Å². The molecule has 0 amide bonds. The molecule has 0 radical (unpaired) electrons. The van der Waals surface area contributed by atoms with E-state index in [4.69, 9.17) is 0 Å². The highest BCUT2D eigenvalue weighted by molar-refractivity contribution is 5.62. The largest absolute Gasteiger partial charge is 0.340 e. The molecule has 1 fully saturated rings. The summed E-state index contributed by atoms with van der Waals surface area (Å²) in [7, 11) is 0. The number of nitrogens with zero attached hydrogens (tertiary/aromatic N) is 6. The van der Waals surface area contributed by atoms with E-state index in [0.717, 1.165) is 54.8 Å². The van der Waals surface area contributed by atoms with Gasteiger partial charge >= 0.3 is 0 Å². The van der Waals surface area contributed by atoms with Gasteiger partial charge in [0.2, 0.25) is 5.95 Å². The molecule has 1 aliphatic heterocycles. The Hall–Kier alpha value is -2.76. The zero-order chi connectivity index (χ0) is 20.4. The van der Waals surface area contributed by atoms with E-state index in [2.05, 4.69) is 74.7 Å². The molecule has 0 N–H and O–H groups in total. The topological polar surface area (TPSA) is 59.7 Å². The van der Waals surface area contributed by atoms with Crippen LogP contribution in [0.3, 0.4) is 0 Å². The molecule has 0 unspecified atom stereocenters. The first-order chi connectivity index (χ1) is 13.9. The van der Waals surface area contributed by atoms with Crippen molar-refractivity contribution < 1.29 is 0 Å². The molecule has 29 heavy (non-hydrogen) atoms.